The van der Waals surface area contributed by atoms with Crippen LogP contribution >= 0.6 is 11.3 Å². The number of nitrogens with zero attached hydrogens (tertiary/aromatic N) is 4. The van der Waals surface area contributed by atoms with E-state index in [4.69, 9.17) is 9.72 Å². The molecule has 1 aromatic carbocycles. The van der Waals surface area contributed by atoms with Gasteiger partial charge in [-0.05, 0) is 24.3 Å². The fourth-order valence-electron chi connectivity index (χ4n) is 3.44. The predicted octanol–water partition coefficient (Wildman–Crippen LogP) is 1.01. The molecule has 0 saturated carbocycles. The highest BCUT2D eigenvalue weighted by atomic mass is 32.1. The maximum atomic E-state index is 12.5. The van der Waals surface area contributed by atoms with E-state index in [-0.39, 0.29) is 12.5 Å². The summed E-state index contributed by atoms with van der Waals surface area (Å²) < 4.78 is 6.41. The van der Waals surface area contributed by atoms with Gasteiger partial charge >= 0.3 is 5.69 Å². The molecule has 0 radical (unpaired) electrons. The normalized spacial score (nSPS) is 14.5. The number of nitrogens with one attached hydrogen (secondary N) is 1. The van der Waals surface area contributed by atoms with Crippen molar-refractivity contribution in [2.45, 2.75) is 13.1 Å². The van der Waals surface area contributed by atoms with Crippen LogP contribution in [0.5, 0.6) is 5.75 Å². The number of methoxy groups -OCH3 is 1. The Labute approximate surface area is 182 Å². The number of aromatic amines is 1. The van der Waals surface area contributed by atoms with Gasteiger partial charge in [0.2, 0.25) is 5.91 Å². The summed E-state index contributed by atoms with van der Waals surface area (Å²) in [6.07, 6.45) is 1.35. The number of piperazine rings is 1. The van der Waals surface area contributed by atoms with Crippen molar-refractivity contribution in [2.75, 3.05) is 33.3 Å². The summed E-state index contributed by atoms with van der Waals surface area (Å²) in [6.45, 7) is 3.31. The van der Waals surface area contributed by atoms with Crippen molar-refractivity contribution in [2.24, 2.45) is 0 Å². The first kappa shape index (κ1) is 21.0. The largest absolute Gasteiger partial charge is 0.497 e. The molecule has 0 unspecified atom stereocenters. The number of thiazole rings is 1. The van der Waals surface area contributed by atoms with E-state index in [2.05, 4.69) is 15.3 Å². The molecule has 10 heteroatoms. The van der Waals surface area contributed by atoms with E-state index in [9.17, 15) is 14.4 Å². The first-order valence-corrected chi connectivity index (χ1v) is 10.8. The Bertz CT molecular complexity index is 1160. The van der Waals surface area contributed by atoms with Crippen molar-refractivity contribution in [1.82, 2.24) is 24.3 Å². The summed E-state index contributed by atoms with van der Waals surface area (Å²) in [4.78, 5) is 46.3. The molecule has 31 heavy (non-hydrogen) atoms. The lowest BCUT2D eigenvalue weighted by Crippen LogP contribution is -2.49. The molecule has 9 nitrogen and oxygen atoms in total. The fourth-order valence-corrected chi connectivity index (χ4v) is 4.26. The van der Waals surface area contributed by atoms with Crippen LogP contribution in [0.4, 0.5) is 0 Å². The van der Waals surface area contributed by atoms with Gasteiger partial charge in [-0.15, -0.1) is 11.3 Å². The van der Waals surface area contributed by atoms with Crippen molar-refractivity contribution in [3.8, 4) is 16.3 Å². The van der Waals surface area contributed by atoms with Crippen LogP contribution < -0.4 is 16.0 Å². The molecule has 1 saturated heterocycles. The minimum absolute atomic E-state index is 0.0765. The maximum absolute atomic E-state index is 12.5. The summed E-state index contributed by atoms with van der Waals surface area (Å²) in [6, 6.07) is 9.08. The van der Waals surface area contributed by atoms with Crippen LogP contribution in [-0.2, 0) is 17.9 Å². The topological polar surface area (TPSA) is 101 Å². The third-order valence-corrected chi connectivity index (χ3v) is 6.14. The van der Waals surface area contributed by atoms with E-state index in [1.54, 1.807) is 23.3 Å². The van der Waals surface area contributed by atoms with Crippen molar-refractivity contribution in [1.29, 1.82) is 0 Å². The smallest absolute Gasteiger partial charge is 0.328 e. The van der Waals surface area contributed by atoms with E-state index >= 15 is 0 Å². The maximum Gasteiger partial charge on any atom is 0.328 e. The zero-order valence-electron chi connectivity index (χ0n) is 17.1. The summed E-state index contributed by atoms with van der Waals surface area (Å²) in [5.41, 5.74) is 1.02. The lowest BCUT2D eigenvalue weighted by atomic mass is 10.2. The Balaban J connectivity index is 1.30. The predicted molar refractivity (Wildman–Crippen MR) is 117 cm³/mol. The monoisotopic (exact) mass is 441 g/mol. The molecule has 1 fully saturated rings. The lowest BCUT2D eigenvalue weighted by molar-refractivity contribution is -0.133. The van der Waals surface area contributed by atoms with Crippen LogP contribution in [0.25, 0.3) is 10.6 Å². The van der Waals surface area contributed by atoms with Crippen LogP contribution in [0.1, 0.15) is 5.69 Å². The molecule has 1 N–H and O–H groups in total. The fraction of sp³-hybridized carbons (Fsp3) is 0.333. The first-order valence-electron chi connectivity index (χ1n) is 9.90. The zero-order chi connectivity index (χ0) is 21.8. The Morgan fingerprint density at radius 2 is 1.87 bits per heavy atom. The average Bonchev–Trinajstić information content (AvgIpc) is 3.24. The second-order valence-electron chi connectivity index (χ2n) is 7.27. The van der Waals surface area contributed by atoms with Crippen molar-refractivity contribution < 1.29 is 9.53 Å². The summed E-state index contributed by atoms with van der Waals surface area (Å²) >= 11 is 1.61. The molecular weight excluding hydrogens is 418 g/mol. The van der Waals surface area contributed by atoms with E-state index in [1.165, 1.54) is 16.8 Å². The second-order valence-corrected chi connectivity index (χ2v) is 8.13. The van der Waals surface area contributed by atoms with Crippen LogP contribution in [0, 0.1) is 0 Å². The number of hydrogen-bond donors (Lipinski definition) is 1. The highest BCUT2D eigenvalue weighted by Crippen LogP contribution is 2.26. The molecule has 0 aliphatic carbocycles. The van der Waals surface area contributed by atoms with Crippen molar-refractivity contribution in [3.05, 3.63) is 68.4 Å². The highest BCUT2D eigenvalue weighted by molar-refractivity contribution is 7.13. The minimum atomic E-state index is -0.573. The number of aromatic nitrogens is 3. The molecule has 3 aromatic rings. The molecule has 1 aliphatic rings. The summed E-state index contributed by atoms with van der Waals surface area (Å²) in [5.74, 6) is 0.683. The molecule has 1 aliphatic heterocycles. The summed E-state index contributed by atoms with van der Waals surface area (Å²) in [7, 11) is 1.65. The van der Waals surface area contributed by atoms with E-state index < -0.39 is 11.2 Å². The first-order chi connectivity index (χ1) is 15.0. The Hall–Kier alpha value is -3.24. The Morgan fingerprint density at radius 3 is 2.55 bits per heavy atom. The van der Waals surface area contributed by atoms with Gasteiger partial charge < -0.3 is 9.64 Å². The lowest BCUT2D eigenvalue weighted by Gasteiger charge is -2.34. The molecule has 2 aromatic heterocycles. The van der Waals surface area contributed by atoms with Crippen LogP contribution in [0.3, 0.4) is 0 Å². The number of H-pyrrole nitrogens is 1. The van der Waals surface area contributed by atoms with Gasteiger partial charge in [-0.2, -0.15) is 0 Å². The quantitative estimate of drug-likeness (QED) is 0.613. The standard InChI is InChI=1S/C21H23N5O4S/c1-30-17-4-2-15(3-5-17)20-22-16(14-31-20)12-24-8-10-25(11-9-24)19(28)13-26-7-6-18(27)23-21(26)29/h2-7,14H,8-13H2,1H3,(H,23,27,29). The van der Waals surface area contributed by atoms with Crippen LogP contribution in [0.2, 0.25) is 0 Å². The number of carbonyl (C=O) groups is 1. The van der Waals surface area contributed by atoms with Gasteiger partial charge in [-0.25, -0.2) is 9.78 Å². The van der Waals surface area contributed by atoms with Crippen molar-refractivity contribution >= 4 is 17.2 Å². The van der Waals surface area contributed by atoms with Gasteiger partial charge in [0.05, 0.1) is 12.8 Å². The number of carbonyl (C=O) groups excluding carboxylic acids is 1. The average molecular weight is 442 g/mol. The van der Waals surface area contributed by atoms with Crippen LogP contribution in [-0.4, -0.2) is 63.5 Å². The molecule has 0 spiro atoms. The van der Waals surface area contributed by atoms with Gasteiger partial charge in [0, 0.05) is 55.9 Å². The molecule has 4 rings (SSSR count). The Kier molecular flexibility index (Phi) is 6.28. The number of benzene rings is 1. The van der Waals surface area contributed by atoms with Gasteiger partial charge in [-0.1, -0.05) is 0 Å². The number of rotatable bonds is 6. The molecular formula is C21H23N5O4S. The van der Waals surface area contributed by atoms with E-state index in [0.29, 0.717) is 13.1 Å². The highest BCUT2D eigenvalue weighted by Gasteiger charge is 2.22. The molecule has 1 amide bonds. The van der Waals surface area contributed by atoms with E-state index in [0.717, 1.165) is 41.6 Å². The SMILES string of the molecule is COc1ccc(-c2nc(CN3CCN(C(=O)Cn4ccc(=O)[nH]c4=O)CC3)cs2)cc1. The third-order valence-electron chi connectivity index (χ3n) is 5.20. The number of hydrogen-bond acceptors (Lipinski definition) is 7. The third kappa shape index (κ3) is 5.09. The van der Waals surface area contributed by atoms with E-state index in [1.807, 2.05) is 24.3 Å². The second kappa shape index (κ2) is 9.27. The molecule has 0 atom stereocenters. The van der Waals surface area contributed by atoms with Crippen molar-refractivity contribution in [3.63, 3.8) is 0 Å². The van der Waals surface area contributed by atoms with Gasteiger partial charge in [0.15, 0.2) is 0 Å². The van der Waals surface area contributed by atoms with Gasteiger partial charge in [0.25, 0.3) is 5.56 Å². The molecule has 0 bridgehead atoms. The number of ether oxygens (including phenoxy) is 1. The van der Waals surface area contributed by atoms with Crippen LogP contribution in [0.15, 0.2) is 51.5 Å². The molecule has 3 heterocycles. The minimum Gasteiger partial charge on any atom is -0.497 e. The van der Waals surface area contributed by atoms with Gasteiger partial charge in [0.1, 0.15) is 17.3 Å². The van der Waals surface area contributed by atoms with Gasteiger partial charge in [-0.3, -0.25) is 24.0 Å². The molecule has 162 valence electrons. The summed E-state index contributed by atoms with van der Waals surface area (Å²) in [5, 5.41) is 3.04. The Morgan fingerprint density at radius 1 is 1.13 bits per heavy atom. The number of amides is 1. The zero-order valence-corrected chi connectivity index (χ0v) is 17.9.